The molecule has 172 valence electrons. The molecule has 13 heteroatoms. The highest BCUT2D eigenvalue weighted by Crippen LogP contribution is 2.28. The number of anilines is 1. The molecule has 0 aliphatic heterocycles. The molecule has 3 N–H and O–H groups in total. The van der Waals surface area contributed by atoms with Crippen molar-refractivity contribution in [3.05, 3.63) is 76.0 Å². The Bertz CT molecular complexity index is 1340. The van der Waals surface area contributed by atoms with Gasteiger partial charge in [-0.3, -0.25) is 14.9 Å². The van der Waals surface area contributed by atoms with Crippen LogP contribution < -0.4 is 11.2 Å². The summed E-state index contributed by atoms with van der Waals surface area (Å²) in [5.41, 5.74) is 10.5. The van der Waals surface area contributed by atoms with E-state index in [0.29, 0.717) is 17.7 Å². The minimum absolute atomic E-state index is 0.0162. The Morgan fingerprint density at radius 2 is 1.91 bits per heavy atom. The van der Waals surface area contributed by atoms with Gasteiger partial charge in [-0.25, -0.2) is 10.1 Å². The number of non-ortho nitro benzene ring substituents is 1. The third-order valence-corrected chi connectivity index (χ3v) is 4.90. The van der Waals surface area contributed by atoms with Crippen molar-refractivity contribution in [3.63, 3.8) is 0 Å². The number of carbonyl (C=O) groups excluding carboxylic acids is 1. The third kappa shape index (κ3) is 4.77. The Kier molecular flexibility index (Phi) is 6.34. The molecular weight excluding hydrogens is 442 g/mol. The predicted octanol–water partition coefficient (Wildman–Crippen LogP) is 2.55. The lowest BCUT2D eigenvalue weighted by Crippen LogP contribution is -2.20. The van der Waals surface area contributed by atoms with Crippen LogP contribution >= 0.6 is 0 Å². The average Bonchev–Trinajstić information content (AvgIpc) is 3.48. The zero-order valence-corrected chi connectivity index (χ0v) is 18.0. The number of hydrazone groups is 1. The van der Waals surface area contributed by atoms with Crippen molar-refractivity contribution in [1.82, 2.24) is 30.7 Å². The van der Waals surface area contributed by atoms with Crippen LogP contribution in [0.25, 0.3) is 17.1 Å². The van der Waals surface area contributed by atoms with Crippen LogP contribution in [0.4, 0.5) is 11.5 Å². The molecule has 2 heterocycles. The van der Waals surface area contributed by atoms with Crippen LogP contribution in [0.1, 0.15) is 29.4 Å². The predicted molar refractivity (Wildman–Crippen MR) is 121 cm³/mol. The molecule has 0 spiro atoms. The summed E-state index contributed by atoms with van der Waals surface area (Å²) < 4.78 is 5.80. The number of benzene rings is 2. The normalized spacial score (nSPS) is 11.4. The van der Waals surface area contributed by atoms with Gasteiger partial charge in [0.05, 0.1) is 4.92 Å². The fraction of sp³-hybridized carbons (Fsp3) is 0.143. The monoisotopic (exact) mass is 461 g/mol. The number of aryl methyl sites for hydroxylation is 1. The van der Waals surface area contributed by atoms with Gasteiger partial charge in [-0.05, 0) is 47.8 Å². The summed E-state index contributed by atoms with van der Waals surface area (Å²) in [6.07, 6.45) is 1.42. The average molecular weight is 461 g/mol. The van der Waals surface area contributed by atoms with Crippen molar-refractivity contribution in [2.75, 3.05) is 5.73 Å². The van der Waals surface area contributed by atoms with E-state index in [2.05, 4.69) is 35.8 Å². The van der Waals surface area contributed by atoms with E-state index in [9.17, 15) is 14.9 Å². The Hall–Kier alpha value is -4.94. The molecule has 0 aliphatic carbocycles. The first kappa shape index (κ1) is 22.3. The Labute approximate surface area is 192 Å². The molecule has 2 aromatic carbocycles. The van der Waals surface area contributed by atoms with Crippen molar-refractivity contribution >= 4 is 23.1 Å². The maximum atomic E-state index is 12.9. The maximum Gasteiger partial charge on any atom is 0.294 e. The molecule has 4 aromatic rings. The van der Waals surface area contributed by atoms with Gasteiger partial charge in [0, 0.05) is 23.4 Å². The summed E-state index contributed by atoms with van der Waals surface area (Å²) >= 11 is 0. The summed E-state index contributed by atoms with van der Waals surface area (Å²) in [6.45, 7) is 1.80. The van der Waals surface area contributed by atoms with Crippen molar-refractivity contribution in [2.45, 2.75) is 19.8 Å². The molecule has 0 unspecified atom stereocenters. The number of nitrogens with two attached hydrogens (primary N) is 1. The second kappa shape index (κ2) is 9.68. The minimum atomic E-state index is -0.631. The van der Waals surface area contributed by atoms with E-state index in [1.165, 1.54) is 28.9 Å². The molecule has 0 atom stereocenters. The second-order valence-electron chi connectivity index (χ2n) is 7.25. The number of nitrogens with zero attached hydrogens (tertiary/aromatic N) is 7. The molecule has 0 saturated heterocycles. The van der Waals surface area contributed by atoms with E-state index >= 15 is 0 Å². The number of nitrogen functional groups attached to an aromatic ring is 1. The summed E-state index contributed by atoms with van der Waals surface area (Å²) in [5, 5.41) is 30.3. The quantitative estimate of drug-likeness (QED) is 0.226. The van der Waals surface area contributed by atoms with E-state index < -0.39 is 10.8 Å². The van der Waals surface area contributed by atoms with Gasteiger partial charge in [-0.15, -0.1) is 5.10 Å². The van der Waals surface area contributed by atoms with Crippen LogP contribution in [0.5, 0.6) is 0 Å². The number of carbonyl (C=O) groups is 1. The molecule has 0 fully saturated rings. The summed E-state index contributed by atoms with van der Waals surface area (Å²) in [5.74, 6) is -0.689. The van der Waals surface area contributed by atoms with Gasteiger partial charge in [0.1, 0.15) is 5.69 Å². The van der Waals surface area contributed by atoms with E-state index in [-0.39, 0.29) is 28.7 Å². The smallest absolute Gasteiger partial charge is 0.294 e. The molecule has 13 nitrogen and oxygen atoms in total. The first-order valence-electron chi connectivity index (χ1n) is 10.1. The van der Waals surface area contributed by atoms with Crippen LogP contribution in [0.2, 0.25) is 0 Å². The zero-order valence-electron chi connectivity index (χ0n) is 18.0. The number of aromatic nitrogens is 5. The van der Waals surface area contributed by atoms with Gasteiger partial charge in [0.15, 0.2) is 5.69 Å². The van der Waals surface area contributed by atoms with Crippen molar-refractivity contribution < 1.29 is 14.3 Å². The molecule has 0 aliphatic rings. The van der Waals surface area contributed by atoms with Crippen LogP contribution in [0.3, 0.4) is 0 Å². The lowest BCUT2D eigenvalue weighted by atomic mass is 10.1. The molecular formula is C21H19N9O4. The minimum Gasteiger partial charge on any atom is -0.378 e. The van der Waals surface area contributed by atoms with Gasteiger partial charge in [0.25, 0.3) is 11.6 Å². The van der Waals surface area contributed by atoms with E-state index in [4.69, 9.17) is 5.73 Å². The van der Waals surface area contributed by atoms with Crippen LogP contribution in [-0.4, -0.2) is 41.8 Å². The van der Waals surface area contributed by atoms with E-state index in [0.717, 1.165) is 12.0 Å². The first-order chi connectivity index (χ1) is 16.4. The fourth-order valence-electron chi connectivity index (χ4n) is 3.15. The number of rotatable bonds is 8. The third-order valence-electron chi connectivity index (χ3n) is 4.90. The lowest BCUT2D eigenvalue weighted by Gasteiger charge is -2.06. The van der Waals surface area contributed by atoms with Gasteiger partial charge in [0.2, 0.25) is 11.6 Å². The summed E-state index contributed by atoms with van der Waals surface area (Å²) in [7, 11) is 0. The number of nitro groups is 1. The first-order valence-corrected chi connectivity index (χ1v) is 10.1. The maximum absolute atomic E-state index is 12.9. The molecule has 2 aromatic heterocycles. The molecule has 34 heavy (non-hydrogen) atoms. The van der Waals surface area contributed by atoms with Crippen molar-refractivity contribution in [1.29, 1.82) is 0 Å². The van der Waals surface area contributed by atoms with Crippen molar-refractivity contribution in [2.24, 2.45) is 5.10 Å². The number of amides is 1. The lowest BCUT2D eigenvalue weighted by molar-refractivity contribution is -0.384. The topological polar surface area (TPSA) is 180 Å². The van der Waals surface area contributed by atoms with Gasteiger partial charge >= 0.3 is 0 Å². The van der Waals surface area contributed by atoms with Gasteiger partial charge in [-0.1, -0.05) is 35.5 Å². The highest BCUT2D eigenvalue weighted by molar-refractivity contribution is 5.99. The Morgan fingerprint density at radius 3 is 2.56 bits per heavy atom. The van der Waals surface area contributed by atoms with Crippen molar-refractivity contribution in [3.8, 4) is 17.1 Å². The van der Waals surface area contributed by atoms with Gasteiger partial charge < -0.3 is 5.73 Å². The zero-order chi connectivity index (χ0) is 24.1. The SMILES string of the molecule is CC(CCc1ccccc1)=NNC(=O)c1nnn(-c2nonc2N)c1-c1ccc([N+](=O)[O-])cc1. The largest absolute Gasteiger partial charge is 0.378 e. The standard InChI is InChI=1S/C21H19N9O4/c1-13(7-8-14-5-3-2-4-6-14)23-25-21(31)17-18(15-9-11-16(12-10-15)30(32)33)29(28-24-17)20-19(22)26-34-27-20/h2-6,9-12H,7-8H2,1H3,(H2,22,26)(H,25,31). The number of nitrogens with one attached hydrogen (secondary N) is 1. The van der Waals surface area contributed by atoms with Crippen LogP contribution in [0.15, 0.2) is 64.3 Å². The summed E-state index contributed by atoms with van der Waals surface area (Å²) in [6, 6.07) is 15.4. The second-order valence-corrected chi connectivity index (χ2v) is 7.25. The number of hydrogen-bond donors (Lipinski definition) is 2. The number of hydrogen-bond acceptors (Lipinski definition) is 10. The summed E-state index contributed by atoms with van der Waals surface area (Å²) in [4.78, 5) is 23.4. The molecule has 4 rings (SSSR count). The number of nitro benzene ring substituents is 1. The Morgan fingerprint density at radius 1 is 1.18 bits per heavy atom. The van der Waals surface area contributed by atoms with E-state index in [1.807, 2.05) is 30.3 Å². The highest BCUT2D eigenvalue weighted by Gasteiger charge is 2.25. The molecule has 0 bridgehead atoms. The highest BCUT2D eigenvalue weighted by atomic mass is 16.6. The molecule has 0 radical (unpaired) electrons. The molecule has 1 amide bonds. The Balaban J connectivity index is 1.60. The van der Waals surface area contributed by atoms with Crippen LogP contribution in [0, 0.1) is 10.1 Å². The van der Waals surface area contributed by atoms with Crippen LogP contribution in [-0.2, 0) is 6.42 Å². The molecule has 0 saturated carbocycles. The van der Waals surface area contributed by atoms with E-state index in [1.54, 1.807) is 6.92 Å². The fourth-order valence-corrected chi connectivity index (χ4v) is 3.15. The van der Waals surface area contributed by atoms with Gasteiger partial charge in [-0.2, -0.15) is 9.78 Å².